The number of nitrogens with zero attached hydrogens (tertiary/aromatic N) is 2. The Morgan fingerprint density at radius 2 is 1.71 bits per heavy atom. The summed E-state index contributed by atoms with van der Waals surface area (Å²) in [5.41, 5.74) is 1.95. The van der Waals surface area contributed by atoms with Crippen LogP contribution in [-0.4, -0.2) is 51.0 Å². The van der Waals surface area contributed by atoms with Crippen LogP contribution in [0, 0.1) is 6.92 Å². The van der Waals surface area contributed by atoms with Crippen LogP contribution in [0.1, 0.15) is 18.1 Å². The average molecular weight is 486 g/mol. The van der Waals surface area contributed by atoms with Crippen molar-refractivity contribution in [3.63, 3.8) is 0 Å². The van der Waals surface area contributed by atoms with E-state index in [0.717, 1.165) is 21.7 Å². The second-order valence-corrected chi connectivity index (χ2v) is 9.83. The number of carbonyl (C=O) groups excluding carboxylic acids is 2. The van der Waals surface area contributed by atoms with Crippen molar-refractivity contribution in [1.82, 2.24) is 10.2 Å². The highest BCUT2D eigenvalue weighted by Crippen LogP contribution is 2.33. The molecule has 0 aliphatic carbocycles. The molecule has 0 heterocycles. The maximum Gasteiger partial charge on any atom is 0.244 e. The van der Waals surface area contributed by atoms with Gasteiger partial charge in [0, 0.05) is 13.6 Å². The van der Waals surface area contributed by atoms with Crippen LogP contribution in [0.5, 0.6) is 0 Å². The largest absolute Gasteiger partial charge is 0.357 e. The monoisotopic (exact) mass is 485 g/mol. The first-order valence-electron chi connectivity index (χ1n) is 9.44. The number of benzene rings is 2. The number of hydrogen-bond donors (Lipinski definition) is 1. The first-order chi connectivity index (χ1) is 14.5. The van der Waals surface area contributed by atoms with E-state index in [1.165, 1.54) is 24.1 Å². The molecule has 0 aliphatic rings. The lowest BCUT2D eigenvalue weighted by molar-refractivity contribution is -0.139. The Labute approximate surface area is 193 Å². The Hall–Kier alpha value is -2.29. The molecule has 2 rings (SSSR count). The maximum absolute atomic E-state index is 13.3. The molecule has 0 radical (unpaired) electrons. The molecule has 31 heavy (non-hydrogen) atoms. The standard InChI is InChI=1S/C21H25Cl2N3O4S/c1-14-8-10-16(11-9-14)12-25(15(2)21(28)24-3)19(27)13-26(31(4,29)30)18-7-5-6-17(22)20(18)23/h5-11,15H,12-13H2,1-4H3,(H,24,28)/t15-/m0/s1. The summed E-state index contributed by atoms with van der Waals surface area (Å²) in [6, 6.07) is 11.2. The average Bonchev–Trinajstić information content (AvgIpc) is 2.71. The van der Waals surface area contributed by atoms with Crippen molar-refractivity contribution < 1.29 is 18.0 Å². The van der Waals surface area contributed by atoms with E-state index in [1.54, 1.807) is 13.0 Å². The fourth-order valence-corrected chi connectivity index (χ4v) is 4.26. The summed E-state index contributed by atoms with van der Waals surface area (Å²) in [4.78, 5) is 26.9. The summed E-state index contributed by atoms with van der Waals surface area (Å²) in [6.07, 6.45) is 0.976. The summed E-state index contributed by atoms with van der Waals surface area (Å²) in [7, 11) is -2.40. The molecule has 2 aromatic carbocycles. The molecule has 2 amide bonds. The highest BCUT2D eigenvalue weighted by Gasteiger charge is 2.30. The number of hydrogen-bond acceptors (Lipinski definition) is 4. The van der Waals surface area contributed by atoms with Gasteiger partial charge in [0.2, 0.25) is 21.8 Å². The molecule has 1 atom stereocenters. The second kappa shape index (κ2) is 10.3. The van der Waals surface area contributed by atoms with Crippen LogP contribution >= 0.6 is 23.2 Å². The molecule has 0 unspecified atom stereocenters. The van der Waals surface area contributed by atoms with Crippen LogP contribution in [0.15, 0.2) is 42.5 Å². The molecular formula is C21H25Cl2N3O4S. The number of carbonyl (C=O) groups is 2. The lowest BCUT2D eigenvalue weighted by Crippen LogP contribution is -2.50. The molecule has 0 aromatic heterocycles. The first kappa shape index (κ1) is 25.0. The Morgan fingerprint density at radius 3 is 2.26 bits per heavy atom. The van der Waals surface area contributed by atoms with Crippen LogP contribution in [0.3, 0.4) is 0 Å². The first-order valence-corrected chi connectivity index (χ1v) is 12.0. The predicted octanol–water partition coefficient (Wildman–Crippen LogP) is 3.23. The van der Waals surface area contributed by atoms with Gasteiger partial charge in [0.05, 0.1) is 22.0 Å². The van der Waals surface area contributed by atoms with Crippen molar-refractivity contribution in [3.05, 3.63) is 63.6 Å². The van der Waals surface area contributed by atoms with Crippen molar-refractivity contribution in [2.45, 2.75) is 26.4 Å². The van der Waals surface area contributed by atoms with E-state index in [1.807, 2.05) is 31.2 Å². The highest BCUT2D eigenvalue weighted by molar-refractivity contribution is 7.92. The molecule has 10 heteroatoms. The second-order valence-electron chi connectivity index (χ2n) is 7.14. The zero-order valence-corrected chi connectivity index (χ0v) is 20.1. The maximum atomic E-state index is 13.3. The molecule has 0 saturated heterocycles. The number of amides is 2. The van der Waals surface area contributed by atoms with Gasteiger partial charge in [-0.3, -0.25) is 13.9 Å². The van der Waals surface area contributed by atoms with Crippen molar-refractivity contribution in [3.8, 4) is 0 Å². The van der Waals surface area contributed by atoms with E-state index in [4.69, 9.17) is 23.2 Å². The zero-order chi connectivity index (χ0) is 23.3. The summed E-state index contributed by atoms with van der Waals surface area (Å²) in [5.74, 6) is -0.926. The van der Waals surface area contributed by atoms with E-state index in [9.17, 15) is 18.0 Å². The van der Waals surface area contributed by atoms with Gasteiger partial charge >= 0.3 is 0 Å². The van der Waals surface area contributed by atoms with E-state index in [2.05, 4.69) is 5.32 Å². The van der Waals surface area contributed by atoms with Gasteiger partial charge in [0.15, 0.2) is 0 Å². The normalized spacial score (nSPS) is 12.2. The van der Waals surface area contributed by atoms with E-state index >= 15 is 0 Å². The molecule has 168 valence electrons. The third-order valence-corrected chi connectivity index (χ3v) is 6.70. The highest BCUT2D eigenvalue weighted by atomic mass is 35.5. The fraction of sp³-hybridized carbons (Fsp3) is 0.333. The minimum atomic E-state index is -3.87. The quantitative estimate of drug-likeness (QED) is 0.621. The van der Waals surface area contributed by atoms with Crippen LogP contribution in [-0.2, 0) is 26.2 Å². The third-order valence-electron chi connectivity index (χ3n) is 4.77. The molecule has 2 aromatic rings. The van der Waals surface area contributed by atoms with Crippen LogP contribution in [0.2, 0.25) is 10.0 Å². The number of rotatable bonds is 8. The zero-order valence-electron chi connectivity index (χ0n) is 17.7. The van der Waals surface area contributed by atoms with E-state index in [-0.39, 0.29) is 28.2 Å². The van der Waals surface area contributed by atoms with Gasteiger partial charge in [-0.15, -0.1) is 0 Å². The summed E-state index contributed by atoms with van der Waals surface area (Å²) >= 11 is 12.2. The minimum Gasteiger partial charge on any atom is -0.357 e. The summed E-state index contributed by atoms with van der Waals surface area (Å²) in [6.45, 7) is 3.13. The number of anilines is 1. The topological polar surface area (TPSA) is 86.8 Å². The number of nitrogens with one attached hydrogen (secondary N) is 1. The number of halogens is 2. The van der Waals surface area contributed by atoms with Gasteiger partial charge in [0.25, 0.3) is 0 Å². The van der Waals surface area contributed by atoms with Crippen molar-refractivity contribution in [2.75, 3.05) is 24.2 Å². The van der Waals surface area contributed by atoms with Gasteiger partial charge < -0.3 is 10.2 Å². The van der Waals surface area contributed by atoms with Crippen LogP contribution < -0.4 is 9.62 Å². The van der Waals surface area contributed by atoms with Gasteiger partial charge in [-0.25, -0.2) is 8.42 Å². The summed E-state index contributed by atoms with van der Waals surface area (Å²) < 4.78 is 25.9. The van der Waals surface area contributed by atoms with E-state index < -0.39 is 28.5 Å². The Bertz CT molecular complexity index is 1060. The molecule has 1 N–H and O–H groups in total. The number of aryl methyl sites for hydroxylation is 1. The Kier molecular flexibility index (Phi) is 8.34. The Balaban J connectivity index is 2.42. The molecule has 0 fully saturated rings. The van der Waals surface area contributed by atoms with E-state index in [0.29, 0.717) is 0 Å². The van der Waals surface area contributed by atoms with Gasteiger partial charge in [-0.1, -0.05) is 59.1 Å². The fourth-order valence-electron chi connectivity index (χ4n) is 2.96. The third kappa shape index (κ3) is 6.35. The lowest BCUT2D eigenvalue weighted by atomic mass is 10.1. The SMILES string of the molecule is CNC(=O)[C@H](C)N(Cc1ccc(C)cc1)C(=O)CN(c1cccc(Cl)c1Cl)S(C)(=O)=O. The number of likely N-dealkylation sites (N-methyl/N-ethyl adjacent to an activating group) is 1. The molecule has 0 spiro atoms. The van der Waals surface area contributed by atoms with Gasteiger partial charge in [0.1, 0.15) is 12.6 Å². The van der Waals surface area contributed by atoms with Crippen molar-refractivity contribution in [2.24, 2.45) is 0 Å². The summed E-state index contributed by atoms with van der Waals surface area (Å²) in [5, 5.41) is 2.71. The predicted molar refractivity (Wildman–Crippen MR) is 124 cm³/mol. The molecule has 0 aliphatic heterocycles. The molecular weight excluding hydrogens is 461 g/mol. The smallest absolute Gasteiger partial charge is 0.244 e. The van der Waals surface area contributed by atoms with Gasteiger partial charge in [-0.2, -0.15) is 0 Å². The van der Waals surface area contributed by atoms with Gasteiger partial charge in [-0.05, 0) is 31.5 Å². The molecule has 7 nitrogen and oxygen atoms in total. The van der Waals surface area contributed by atoms with Crippen molar-refractivity contribution >= 4 is 50.7 Å². The Morgan fingerprint density at radius 1 is 1.10 bits per heavy atom. The molecule has 0 saturated carbocycles. The lowest BCUT2D eigenvalue weighted by Gasteiger charge is -2.31. The number of sulfonamides is 1. The van der Waals surface area contributed by atoms with Crippen molar-refractivity contribution in [1.29, 1.82) is 0 Å². The van der Waals surface area contributed by atoms with Crippen LogP contribution in [0.4, 0.5) is 5.69 Å². The minimum absolute atomic E-state index is 0.0202. The van der Waals surface area contributed by atoms with Crippen LogP contribution in [0.25, 0.3) is 0 Å². The molecule has 0 bridgehead atoms.